The summed E-state index contributed by atoms with van der Waals surface area (Å²) < 4.78 is 0. The lowest BCUT2D eigenvalue weighted by molar-refractivity contribution is 0.287. The van der Waals surface area contributed by atoms with E-state index in [-0.39, 0.29) is 31.4 Å². The van der Waals surface area contributed by atoms with Crippen LogP contribution in [0.15, 0.2) is 18.2 Å². The summed E-state index contributed by atoms with van der Waals surface area (Å²) in [5.41, 5.74) is 3.77. The predicted octanol–water partition coefficient (Wildman–Crippen LogP) is 2.53. The molecule has 1 aromatic carbocycles. The molecule has 0 saturated carbocycles. The minimum Gasteiger partial charge on any atom is -0.395 e. The molecule has 0 aliphatic carbocycles. The number of aliphatic hydroxyl groups is 1. The molecule has 1 unspecified atom stereocenters. The number of halogens is 2. The van der Waals surface area contributed by atoms with Crippen LogP contribution in [0.5, 0.6) is 0 Å². The van der Waals surface area contributed by atoms with E-state index in [4.69, 9.17) is 5.11 Å². The number of rotatable bonds is 6. The van der Waals surface area contributed by atoms with Crippen molar-refractivity contribution in [2.24, 2.45) is 0 Å². The van der Waals surface area contributed by atoms with Crippen molar-refractivity contribution in [3.05, 3.63) is 29.3 Å². The van der Waals surface area contributed by atoms with Gasteiger partial charge in [0.25, 0.3) is 0 Å². The van der Waals surface area contributed by atoms with Crippen LogP contribution in [0.2, 0.25) is 0 Å². The van der Waals surface area contributed by atoms with Crippen LogP contribution >= 0.6 is 24.8 Å². The van der Waals surface area contributed by atoms with Gasteiger partial charge in [-0.05, 0) is 31.9 Å². The maximum atomic E-state index is 8.71. The molecule has 0 spiro atoms. The van der Waals surface area contributed by atoms with Crippen LogP contribution in [-0.2, 0) is 0 Å². The van der Waals surface area contributed by atoms with E-state index in [9.17, 15) is 0 Å². The van der Waals surface area contributed by atoms with Crippen molar-refractivity contribution >= 4 is 30.5 Å². The van der Waals surface area contributed by atoms with Crippen molar-refractivity contribution < 1.29 is 5.11 Å². The Hall–Kier alpha value is -0.480. The van der Waals surface area contributed by atoms with Gasteiger partial charge in [0.15, 0.2) is 0 Å². The first-order chi connectivity index (χ1) is 7.65. The largest absolute Gasteiger partial charge is 0.395 e. The maximum Gasteiger partial charge on any atom is 0.0556 e. The number of hydrogen-bond acceptors (Lipinski definition) is 3. The Labute approximate surface area is 122 Å². The van der Waals surface area contributed by atoms with Crippen LogP contribution in [0.1, 0.15) is 18.1 Å². The second kappa shape index (κ2) is 10.4. The van der Waals surface area contributed by atoms with E-state index in [0.717, 1.165) is 6.54 Å². The molecule has 3 N–H and O–H groups in total. The van der Waals surface area contributed by atoms with Gasteiger partial charge >= 0.3 is 0 Å². The molecule has 3 nitrogen and oxygen atoms in total. The van der Waals surface area contributed by atoms with Gasteiger partial charge in [-0.25, -0.2) is 0 Å². The molecular weight excluding hydrogens is 271 g/mol. The lowest BCUT2D eigenvalue weighted by Crippen LogP contribution is -2.34. The van der Waals surface area contributed by atoms with Crippen LogP contribution in [0.4, 0.5) is 5.69 Å². The highest BCUT2D eigenvalue weighted by Gasteiger charge is 2.04. The van der Waals surface area contributed by atoms with Gasteiger partial charge in [-0.1, -0.05) is 18.2 Å². The monoisotopic (exact) mass is 294 g/mol. The van der Waals surface area contributed by atoms with E-state index in [1.165, 1.54) is 16.8 Å². The Bertz CT molecular complexity index is 315. The summed E-state index contributed by atoms with van der Waals surface area (Å²) in [6.07, 6.45) is 0. The fraction of sp³-hybridized carbons (Fsp3) is 0.538. The zero-order valence-electron chi connectivity index (χ0n) is 11.2. The van der Waals surface area contributed by atoms with E-state index in [1.54, 1.807) is 0 Å². The molecular formula is C13H24Cl2N2O. The molecule has 1 aromatic rings. The van der Waals surface area contributed by atoms with Gasteiger partial charge < -0.3 is 15.7 Å². The molecule has 106 valence electrons. The number of benzene rings is 1. The van der Waals surface area contributed by atoms with E-state index in [2.05, 4.69) is 49.6 Å². The molecule has 1 atom stereocenters. The van der Waals surface area contributed by atoms with Gasteiger partial charge in [-0.3, -0.25) is 0 Å². The Kier molecular flexibility index (Phi) is 11.5. The molecule has 0 aromatic heterocycles. The number of aryl methyl sites for hydroxylation is 2. The second-order valence-electron chi connectivity index (χ2n) is 4.23. The minimum absolute atomic E-state index is 0. The highest BCUT2D eigenvalue weighted by atomic mass is 35.5. The average molecular weight is 295 g/mol. The quantitative estimate of drug-likeness (QED) is 0.755. The van der Waals surface area contributed by atoms with Crippen molar-refractivity contribution in [3.8, 4) is 0 Å². The lowest BCUT2D eigenvalue weighted by Gasteiger charge is -2.17. The predicted molar refractivity (Wildman–Crippen MR) is 83.5 cm³/mol. The SMILES string of the molecule is Cc1cccc(C)c1NCC(C)NCCO.Cl.Cl. The zero-order valence-corrected chi connectivity index (χ0v) is 12.8. The summed E-state index contributed by atoms with van der Waals surface area (Å²) in [6.45, 7) is 8.04. The van der Waals surface area contributed by atoms with Crippen LogP contribution in [0.3, 0.4) is 0 Å². The Morgan fingerprint density at radius 1 is 1.17 bits per heavy atom. The minimum atomic E-state index is 0. The summed E-state index contributed by atoms with van der Waals surface area (Å²) in [6, 6.07) is 6.65. The first-order valence-electron chi connectivity index (χ1n) is 5.79. The molecule has 1 rings (SSSR count). The first-order valence-corrected chi connectivity index (χ1v) is 5.79. The topological polar surface area (TPSA) is 44.3 Å². The number of anilines is 1. The molecule has 0 radical (unpaired) electrons. The van der Waals surface area contributed by atoms with E-state index in [0.29, 0.717) is 12.6 Å². The van der Waals surface area contributed by atoms with Crippen molar-refractivity contribution in [2.75, 3.05) is 25.0 Å². The van der Waals surface area contributed by atoms with E-state index < -0.39 is 0 Å². The molecule has 0 aliphatic heterocycles. The van der Waals surface area contributed by atoms with Crippen LogP contribution in [0, 0.1) is 13.8 Å². The molecule has 0 amide bonds. The van der Waals surface area contributed by atoms with Crippen LogP contribution < -0.4 is 10.6 Å². The van der Waals surface area contributed by atoms with E-state index >= 15 is 0 Å². The summed E-state index contributed by atoms with van der Waals surface area (Å²) >= 11 is 0. The third-order valence-corrected chi connectivity index (χ3v) is 2.67. The Balaban J connectivity index is 0. The third kappa shape index (κ3) is 6.45. The molecule has 0 aliphatic rings. The summed E-state index contributed by atoms with van der Waals surface area (Å²) in [7, 11) is 0. The average Bonchev–Trinajstić information content (AvgIpc) is 2.25. The van der Waals surface area contributed by atoms with Gasteiger partial charge in [0.05, 0.1) is 6.61 Å². The maximum absolute atomic E-state index is 8.71. The van der Waals surface area contributed by atoms with Crippen LogP contribution in [0.25, 0.3) is 0 Å². The number of hydrogen-bond donors (Lipinski definition) is 3. The highest BCUT2D eigenvalue weighted by molar-refractivity contribution is 5.85. The molecule has 0 heterocycles. The molecule has 0 bridgehead atoms. The number of para-hydroxylation sites is 1. The molecule has 5 heteroatoms. The smallest absolute Gasteiger partial charge is 0.0556 e. The first kappa shape index (κ1) is 19.9. The lowest BCUT2D eigenvalue weighted by atomic mass is 10.1. The zero-order chi connectivity index (χ0) is 12.0. The van der Waals surface area contributed by atoms with Gasteiger partial charge in [0.2, 0.25) is 0 Å². The van der Waals surface area contributed by atoms with E-state index in [1.807, 2.05) is 0 Å². The molecule has 18 heavy (non-hydrogen) atoms. The van der Waals surface area contributed by atoms with Crippen molar-refractivity contribution in [3.63, 3.8) is 0 Å². The number of aliphatic hydroxyl groups excluding tert-OH is 1. The van der Waals surface area contributed by atoms with Crippen LogP contribution in [-0.4, -0.2) is 30.8 Å². The molecule has 0 saturated heterocycles. The second-order valence-corrected chi connectivity index (χ2v) is 4.23. The van der Waals surface area contributed by atoms with Crippen molar-refractivity contribution in [2.45, 2.75) is 26.8 Å². The summed E-state index contributed by atoms with van der Waals surface area (Å²) in [5.74, 6) is 0. The standard InChI is InChI=1S/C13H22N2O.2ClH/c1-10-5-4-6-11(2)13(10)15-9-12(3)14-7-8-16;;/h4-6,12,14-16H,7-9H2,1-3H3;2*1H. The fourth-order valence-corrected chi connectivity index (χ4v) is 1.73. The van der Waals surface area contributed by atoms with Gasteiger partial charge in [0.1, 0.15) is 0 Å². The Morgan fingerprint density at radius 2 is 1.72 bits per heavy atom. The number of nitrogens with one attached hydrogen (secondary N) is 2. The highest BCUT2D eigenvalue weighted by Crippen LogP contribution is 2.18. The normalized spacial score (nSPS) is 11.1. The van der Waals surface area contributed by atoms with Gasteiger partial charge in [-0.15, -0.1) is 24.8 Å². The van der Waals surface area contributed by atoms with Crippen molar-refractivity contribution in [1.29, 1.82) is 0 Å². The Morgan fingerprint density at radius 3 is 2.22 bits per heavy atom. The van der Waals surface area contributed by atoms with Crippen molar-refractivity contribution in [1.82, 2.24) is 5.32 Å². The van der Waals surface area contributed by atoms with Gasteiger partial charge in [-0.2, -0.15) is 0 Å². The summed E-state index contributed by atoms with van der Waals surface area (Å²) in [5, 5.41) is 15.4. The third-order valence-electron chi connectivity index (χ3n) is 2.67. The molecule has 0 fully saturated rings. The fourth-order valence-electron chi connectivity index (χ4n) is 1.73. The van der Waals surface area contributed by atoms with Gasteiger partial charge in [0, 0.05) is 24.8 Å². The summed E-state index contributed by atoms with van der Waals surface area (Å²) in [4.78, 5) is 0.